The molecule has 0 atom stereocenters. The minimum Gasteiger partial charge on any atom is -0.476 e. The highest BCUT2D eigenvalue weighted by atomic mass is 19.1. The van der Waals surface area contributed by atoms with Crippen molar-refractivity contribution >= 4 is 11.8 Å². The lowest BCUT2D eigenvalue weighted by Gasteiger charge is -2.05. The van der Waals surface area contributed by atoms with Crippen LogP contribution in [-0.4, -0.2) is 26.8 Å². The van der Waals surface area contributed by atoms with Crippen LogP contribution in [0.4, 0.5) is 4.39 Å². The summed E-state index contributed by atoms with van der Waals surface area (Å²) < 4.78 is 12.8. The predicted octanol–water partition coefficient (Wildman–Crippen LogP) is 2.11. The van der Waals surface area contributed by atoms with Gasteiger partial charge in [0.1, 0.15) is 11.6 Å². The minimum atomic E-state index is -1.28. The molecular formula is C14H11FN2O3. The van der Waals surface area contributed by atoms with Gasteiger partial charge in [0.05, 0.1) is 5.56 Å². The van der Waals surface area contributed by atoms with Crippen LogP contribution in [-0.2, 0) is 6.42 Å². The summed E-state index contributed by atoms with van der Waals surface area (Å²) in [6.45, 7) is 1.25. The Morgan fingerprint density at radius 1 is 1.25 bits per heavy atom. The van der Waals surface area contributed by atoms with Crippen molar-refractivity contribution in [3.63, 3.8) is 0 Å². The Morgan fingerprint density at radius 3 is 2.45 bits per heavy atom. The van der Waals surface area contributed by atoms with Crippen LogP contribution in [0.1, 0.15) is 39.2 Å². The molecule has 1 aromatic heterocycles. The average Bonchev–Trinajstić information content (AvgIpc) is 2.41. The molecule has 20 heavy (non-hydrogen) atoms. The largest absolute Gasteiger partial charge is 0.476 e. The van der Waals surface area contributed by atoms with E-state index in [0.29, 0.717) is 0 Å². The van der Waals surface area contributed by atoms with E-state index in [1.165, 1.54) is 25.3 Å². The second kappa shape index (κ2) is 5.56. The Labute approximate surface area is 114 Å². The smallest absolute Gasteiger partial charge is 0.355 e. The molecule has 0 aliphatic rings. The van der Waals surface area contributed by atoms with Crippen molar-refractivity contribution < 1.29 is 19.1 Å². The zero-order chi connectivity index (χ0) is 14.7. The van der Waals surface area contributed by atoms with E-state index in [1.807, 2.05) is 0 Å². The molecule has 102 valence electrons. The summed E-state index contributed by atoms with van der Waals surface area (Å²) in [5.74, 6) is -1.78. The molecule has 0 bridgehead atoms. The lowest BCUT2D eigenvalue weighted by atomic mass is 10.1. The fourth-order valence-corrected chi connectivity index (χ4v) is 1.71. The number of carbonyl (C=O) groups excluding carboxylic acids is 1. The number of benzene rings is 1. The third-order valence-electron chi connectivity index (χ3n) is 2.70. The molecule has 0 saturated carbocycles. The highest BCUT2D eigenvalue weighted by Gasteiger charge is 2.17. The first-order valence-electron chi connectivity index (χ1n) is 5.82. The molecule has 0 fully saturated rings. The molecule has 1 aromatic carbocycles. The van der Waals surface area contributed by atoms with Crippen LogP contribution in [0.5, 0.6) is 0 Å². The molecule has 2 aromatic rings. The normalized spacial score (nSPS) is 10.3. The highest BCUT2D eigenvalue weighted by molar-refractivity contribution is 6.03. The van der Waals surface area contributed by atoms with Gasteiger partial charge in [0.15, 0.2) is 11.5 Å². The third kappa shape index (κ3) is 3.03. The van der Waals surface area contributed by atoms with Gasteiger partial charge in [-0.15, -0.1) is 0 Å². The molecule has 0 saturated heterocycles. The molecule has 1 heterocycles. The molecule has 1 N–H and O–H groups in total. The van der Waals surface area contributed by atoms with E-state index in [-0.39, 0.29) is 29.3 Å². The number of halogens is 1. The topological polar surface area (TPSA) is 80.2 Å². The molecular weight excluding hydrogens is 263 g/mol. The lowest BCUT2D eigenvalue weighted by molar-refractivity contribution is 0.0685. The monoisotopic (exact) mass is 274 g/mol. The van der Waals surface area contributed by atoms with Gasteiger partial charge in [-0.25, -0.2) is 19.2 Å². The maximum absolute atomic E-state index is 12.8. The number of carboxylic acids is 1. The number of aromatic nitrogens is 2. The number of carbonyl (C=O) groups is 2. The predicted molar refractivity (Wildman–Crippen MR) is 68.2 cm³/mol. The van der Waals surface area contributed by atoms with E-state index in [1.54, 1.807) is 12.1 Å². The van der Waals surface area contributed by atoms with Crippen LogP contribution in [0.25, 0.3) is 0 Å². The first kappa shape index (κ1) is 13.8. The molecule has 0 unspecified atom stereocenters. The van der Waals surface area contributed by atoms with Crippen LogP contribution in [0.15, 0.2) is 30.5 Å². The van der Waals surface area contributed by atoms with E-state index < -0.39 is 11.8 Å². The standard InChI is InChI=1S/C14H11FN2O3/c1-8(18)11-7-16-12(17-13(11)14(19)20)6-9-2-4-10(15)5-3-9/h2-5,7H,6H2,1H3,(H,19,20). The summed E-state index contributed by atoms with van der Waals surface area (Å²) in [6, 6.07) is 5.74. The summed E-state index contributed by atoms with van der Waals surface area (Å²) in [5, 5.41) is 9.05. The molecule has 6 heteroatoms. The summed E-state index contributed by atoms with van der Waals surface area (Å²) >= 11 is 0. The van der Waals surface area contributed by atoms with Crippen molar-refractivity contribution in [2.45, 2.75) is 13.3 Å². The maximum atomic E-state index is 12.8. The number of aromatic carboxylic acids is 1. The van der Waals surface area contributed by atoms with Gasteiger partial charge < -0.3 is 5.11 Å². The quantitative estimate of drug-likeness (QED) is 0.864. The van der Waals surface area contributed by atoms with Gasteiger partial charge in [-0.1, -0.05) is 12.1 Å². The molecule has 0 radical (unpaired) electrons. The van der Waals surface area contributed by atoms with E-state index in [4.69, 9.17) is 5.11 Å². The number of Topliss-reactive ketones (excluding diaryl/α,β-unsaturated/α-hetero) is 1. The number of hydrogen-bond donors (Lipinski definition) is 1. The van der Waals surface area contributed by atoms with Crippen molar-refractivity contribution in [2.75, 3.05) is 0 Å². The van der Waals surface area contributed by atoms with Gasteiger partial charge in [0, 0.05) is 12.6 Å². The van der Waals surface area contributed by atoms with Gasteiger partial charge in [-0.2, -0.15) is 0 Å². The van der Waals surface area contributed by atoms with Crippen LogP contribution < -0.4 is 0 Å². The Kier molecular flexibility index (Phi) is 3.84. The minimum absolute atomic E-state index is 0.0274. The van der Waals surface area contributed by atoms with Crippen LogP contribution in [0, 0.1) is 5.82 Å². The van der Waals surface area contributed by atoms with Crippen LogP contribution in [0.2, 0.25) is 0 Å². The van der Waals surface area contributed by atoms with Gasteiger partial charge in [-0.3, -0.25) is 4.79 Å². The van der Waals surface area contributed by atoms with Gasteiger partial charge in [0.25, 0.3) is 0 Å². The number of rotatable bonds is 4. The Balaban J connectivity index is 2.34. The molecule has 0 aliphatic carbocycles. The maximum Gasteiger partial charge on any atom is 0.355 e. The second-order valence-corrected chi connectivity index (χ2v) is 4.21. The highest BCUT2D eigenvalue weighted by Crippen LogP contribution is 2.11. The third-order valence-corrected chi connectivity index (χ3v) is 2.70. The van der Waals surface area contributed by atoms with Crippen molar-refractivity contribution in [1.29, 1.82) is 0 Å². The van der Waals surface area contributed by atoms with Crippen LogP contribution in [0.3, 0.4) is 0 Å². The van der Waals surface area contributed by atoms with Crippen molar-refractivity contribution in [1.82, 2.24) is 9.97 Å². The molecule has 0 spiro atoms. The van der Waals surface area contributed by atoms with Gasteiger partial charge >= 0.3 is 5.97 Å². The van der Waals surface area contributed by atoms with Crippen molar-refractivity contribution in [3.05, 3.63) is 58.9 Å². The number of carboxylic acid groups (broad SMARTS) is 1. The Morgan fingerprint density at radius 2 is 1.90 bits per heavy atom. The number of nitrogens with zero attached hydrogens (tertiary/aromatic N) is 2. The zero-order valence-corrected chi connectivity index (χ0v) is 10.6. The molecule has 2 rings (SSSR count). The fourth-order valence-electron chi connectivity index (χ4n) is 1.71. The zero-order valence-electron chi connectivity index (χ0n) is 10.6. The van der Waals surface area contributed by atoms with E-state index in [2.05, 4.69) is 9.97 Å². The van der Waals surface area contributed by atoms with Crippen molar-refractivity contribution in [3.8, 4) is 0 Å². The first-order valence-corrected chi connectivity index (χ1v) is 5.82. The van der Waals surface area contributed by atoms with Gasteiger partial charge in [-0.05, 0) is 24.6 Å². The average molecular weight is 274 g/mol. The number of ketones is 1. The SMILES string of the molecule is CC(=O)c1cnc(Cc2ccc(F)cc2)nc1C(=O)O. The fraction of sp³-hybridized carbons (Fsp3) is 0.143. The van der Waals surface area contributed by atoms with E-state index in [9.17, 15) is 14.0 Å². The second-order valence-electron chi connectivity index (χ2n) is 4.21. The molecule has 0 aliphatic heterocycles. The lowest BCUT2D eigenvalue weighted by Crippen LogP contribution is -2.12. The van der Waals surface area contributed by atoms with E-state index >= 15 is 0 Å². The molecule has 0 amide bonds. The van der Waals surface area contributed by atoms with E-state index in [0.717, 1.165) is 5.56 Å². The summed E-state index contributed by atoms with van der Waals surface area (Å²) in [6.07, 6.45) is 1.47. The van der Waals surface area contributed by atoms with Crippen LogP contribution >= 0.6 is 0 Å². The number of hydrogen-bond acceptors (Lipinski definition) is 4. The Bertz CT molecular complexity index is 669. The molecule has 5 nitrogen and oxygen atoms in total. The van der Waals surface area contributed by atoms with Gasteiger partial charge in [0.2, 0.25) is 0 Å². The summed E-state index contributed by atoms with van der Waals surface area (Å²) in [5.41, 5.74) is 0.406. The summed E-state index contributed by atoms with van der Waals surface area (Å²) in [7, 11) is 0. The van der Waals surface area contributed by atoms with Crippen molar-refractivity contribution in [2.24, 2.45) is 0 Å². The Hall–Kier alpha value is -2.63. The first-order chi connectivity index (χ1) is 9.47. The summed E-state index contributed by atoms with van der Waals surface area (Å²) in [4.78, 5) is 30.2.